The van der Waals surface area contributed by atoms with Crippen LogP contribution in [0.15, 0.2) is 24.3 Å². The summed E-state index contributed by atoms with van der Waals surface area (Å²) in [6.45, 7) is 7.43. The standard InChI is InChI=1S/C14H23N3O/c1-16(10-11-17-8-6-15-7-9-17)12-13-4-2-3-5-14(13)18/h2-5,15,18H,6-12H2,1H3. The summed E-state index contributed by atoms with van der Waals surface area (Å²) in [5.41, 5.74) is 1.00. The molecule has 0 bridgehead atoms. The number of nitrogens with zero attached hydrogens (tertiary/aromatic N) is 2. The van der Waals surface area contributed by atoms with Gasteiger partial charge in [0.05, 0.1) is 0 Å². The van der Waals surface area contributed by atoms with E-state index in [0.29, 0.717) is 5.75 Å². The fraction of sp³-hybridized carbons (Fsp3) is 0.571. The van der Waals surface area contributed by atoms with Gasteiger partial charge in [0.2, 0.25) is 0 Å². The third kappa shape index (κ3) is 3.98. The number of para-hydroxylation sites is 1. The lowest BCUT2D eigenvalue weighted by atomic mass is 10.2. The Bertz CT molecular complexity index is 364. The summed E-state index contributed by atoms with van der Waals surface area (Å²) in [4.78, 5) is 4.74. The van der Waals surface area contributed by atoms with Crippen LogP contribution in [0, 0.1) is 0 Å². The normalized spacial score (nSPS) is 17.2. The molecule has 2 rings (SSSR count). The second-order valence-corrected chi connectivity index (χ2v) is 4.96. The molecule has 0 atom stereocenters. The fourth-order valence-corrected chi connectivity index (χ4v) is 2.26. The molecule has 18 heavy (non-hydrogen) atoms. The molecule has 100 valence electrons. The van der Waals surface area contributed by atoms with E-state index in [1.165, 1.54) is 0 Å². The lowest BCUT2D eigenvalue weighted by Crippen LogP contribution is -2.45. The first kappa shape index (κ1) is 13.3. The van der Waals surface area contributed by atoms with E-state index in [0.717, 1.165) is 51.4 Å². The van der Waals surface area contributed by atoms with Crippen LogP contribution in [-0.2, 0) is 6.54 Å². The van der Waals surface area contributed by atoms with E-state index in [9.17, 15) is 5.11 Å². The second kappa shape index (κ2) is 6.73. The lowest BCUT2D eigenvalue weighted by molar-refractivity contribution is 0.201. The number of phenolic OH excluding ortho intramolecular Hbond substituents is 1. The minimum absolute atomic E-state index is 0.395. The van der Waals surface area contributed by atoms with E-state index in [2.05, 4.69) is 22.2 Å². The lowest BCUT2D eigenvalue weighted by Gasteiger charge is -2.29. The molecule has 0 spiro atoms. The van der Waals surface area contributed by atoms with Crippen molar-refractivity contribution in [1.82, 2.24) is 15.1 Å². The van der Waals surface area contributed by atoms with Crippen LogP contribution in [0.5, 0.6) is 5.75 Å². The van der Waals surface area contributed by atoms with Crippen LogP contribution >= 0.6 is 0 Å². The van der Waals surface area contributed by atoms with Gasteiger partial charge < -0.3 is 15.3 Å². The molecular formula is C14H23N3O. The predicted octanol–water partition coefficient (Wildman–Crippen LogP) is 0.729. The Hall–Kier alpha value is -1.10. The monoisotopic (exact) mass is 249 g/mol. The molecule has 1 aliphatic heterocycles. The van der Waals surface area contributed by atoms with Crippen molar-refractivity contribution in [3.8, 4) is 5.75 Å². The Morgan fingerprint density at radius 3 is 2.72 bits per heavy atom. The summed E-state index contributed by atoms with van der Waals surface area (Å²) in [5.74, 6) is 0.395. The highest BCUT2D eigenvalue weighted by molar-refractivity contribution is 5.31. The van der Waals surface area contributed by atoms with Crippen molar-refractivity contribution < 1.29 is 5.11 Å². The van der Waals surface area contributed by atoms with Crippen LogP contribution < -0.4 is 5.32 Å². The van der Waals surface area contributed by atoms with Crippen LogP contribution in [0.1, 0.15) is 5.56 Å². The fourth-order valence-electron chi connectivity index (χ4n) is 2.26. The molecule has 0 amide bonds. The van der Waals surface area contributed by atoms with Gasteiger partial charge in [-0.2, -0.15) is 0 Å². The van der Waals surface area contributed by atoms with Crippen molar-refractivity contribution in [2.24, 2.45) is 0 Å². The van der Waals surface area contributed by atoms with E-state index in [4.69, 9.17) is 0 Å². The molecule has 0 aliphatic carbocycles. The van der Waals surface area contributed by atoms with Gasteiger partial charge >= 0.3 is 0 Å². The van der Waals surface area contributed by atoms with Gasteiger partial charge in [-0.3, -0.25) is 4.90 Å². The van der Waals surface area contributed by atoms with E-state index in [1.54, 1.807) is 6.07 Å². The van der Waals surface area contributed by atoms with E-state index in [1.807, 2.05) is 18.2 Å². The number of phenols is 1. The van der Waals surface area contributed by atoms with Crippen molar-refractivity contribution in [1.29, 1.82) is 0 Å². The Kier molecular flexibility index (Phi) is 4.99. The number of hydrogen-bond donors (Lipinski definition) is 2. The summed E-state index contributed by atoms with van der Waals surface area (Å²) in [6, 6.07) is 7.56. The van der Waals surface area contributed by atoms with Gasteiger partial charge in [0.1, 0.15) is 5.75 Å². The number of likely N-dealkylation sites (N-methyl/N-ethyl adjacent to an activating group) is 1. The third-order valence-corrected chi connectivity index (χ3v) is 3.44. The first-order valence-corrected chi connectivity index (χ1v) is 6.64. The van der Waals surface area contributed by atoms with Crippen molar-refractivity contribution in [3.05, 3.63) is 29.8 Å². The van der Waals surface area contributed by atoms with Crippen LogP contribution in [0.4, 0.5) is 0 Å². The van der Waals surface area contributed by atoms with Gasteiger partial charge in [-0.1, -0.05) is 18.2 Å². The van der Waals surface area contributed by atoms with Gasteiger partial charge in [-0.15, -0.1) is 0 Å². The maximum atomic E-state index is 9.73. The summed E-state index contributed by atoms with van der Waals surface area (Å²) in [7, 11) is 2.11. The molecular weight excluding hydrogens is 226 g/mol. The minimum atomic E-state index is 0.395. The summed E-state index contributed by atoms with van der Waals surface area (Å²) in [6.07, 6.45) is 0. The topological polar surface area (TPSA) is 38.7 Å². The smallest absolute Gasteiger partial charge is 0.120 e. The molecule has 0 aromatic heterocycles. The molecule has 1 aromatic rings. The number of piperazine rings is 1. The number of rotatable bonds is 5. The zero-order chi connectivity index (χ0) is 12.8. The van der Waals surface area contributed by atoms with Crippen molar-refractivity contribution in [2.45, 2.75) is 6.54 Å². The predicted molar refractivity (Wildman–Crippen MR) is 73.8 cm³/mol. The van der Waals surface area contributed by atoms with Crippen molar-refractivity contribution in [3.63, 3.8) is 0 Å². The Morgan fingerprint density at radius 2 is 2.00 bits per heavy atom. The molecule has 0 unspecified atom stereocenters. The second-order valence-electron chi connectivity index (χ2n) is 4.96. The van der Waals surface area contributed by atoms with Gasteiger partial charge in [0.15, 0.2) is 0 Å². The molecule has 0 saturated carbocycles. The molecule has 1 saturated heterocycles. The molecule has 1 aliphatic rings. The molecule has 2 N–H and O–H groups in total. The number of hydrogen-bond acceptors (Lipinski definition) is 4. The first-order valence-electron chi connectivity index (χ1n) is 6.64. The maximum Gasteiger partial charge on any atom is 0.120 e. The van der Waals surface area contributed by atoms with Crippen LogP contribution in [0.2, 0.25) is 0 Å². The number of benzene rings is 1. The summed E-state index contributed by atoms with van der Waals surface area (Å²) in [5, 5.41) is 13.1. The van der Waals surface area contributed by atoms with Crippen LogP contribution in [-0.4, -0.2) is 61.2 Å². The highest BCUT2D eigenvalue weighted by Gasteiger charge is 2.10. The molecule has 4 nitrogen and oxygen atoms in total. The molecule has 4 heteroatoms. The average molecular weight is 249 g/mol. The third-order valence-electron chi connectivity index (χ3n) is 3.44. The highest BCUT2D eigenvalue weighted by atomic mass is 16.3. The van der Waals surface area contributed by atoms with E-state index in [-0.39, 0.29) is 0 Å². The van der Waals surface area contributed by atoms with Crippen molar-refractivity contribution >= 4 is 0 Å². The van der Waals surface area contributed by atoms with Crippen LogP contribution in [0.25, 0.3) is 0 Å². The van der Waals surface area contributed by atoms with Crippen LogP contribution in [0.3, 0.4) is 0 Å². The number of aromatic hydroxyl groups is 1. The zero-order valence-corrected chi connectivity index (χ0v) is 11.1. The maximum absolute atomic E-state index is 9.73. The number of nitrogens with one attached hydrogen (secondary N) is 1. The zero-order valence-electron chi connectivity index (χ0n) is 11.1. The van der Waals surface area contributed by atoms with Gasteiger partial charge in [-0.25, -0.2) is 0 Å². The molecule has 1 fully saturated rings. The first-order chi connectivity index (χ1) is 8.75. The average Bonchev–Trinajstić information content (AvgIpc) is 2.40. The molecule has 1 aromatic carbocycles. The van der Waals surface area contributed by atoms with E-state index >= 15 is 0 Å². The quantitative estimate of drug-likeness (QED) is 0.807. The summed E-state index contributed by atoms with van der Waals surface area (Å²) >= 11 is 0. The van der Waals surface area contributed by atoms with E-state index < -0.39 is 0 Å². The SMILES string of the molecule is CN(CCN1CCNCC1)Cc1ccccc1O. The highest BCUT2D eigenvalue weighted by Crippen LogP contribution is 2.16. The van der Waals surface area contributed by atoms with Crippen molar-refractivity contribution in [2.75, 3.05) is 46.3 Å². The Labute approximate surface area is 109 Å². The Morgan fingerprint density at radius 1 is 1.28 bits per heavy atom. The molecule has 1 heterocycles. The summed E-state index contributed by atoms with van der Waals surface area (Å²) < 4.78 is 0. The Balaban J connectivity index is 1.74. The largest absolute Gasteiger partial charge is 0.508 e. The van der Waals surface area contributed by atoms with Gasteiger partial charge in [-0.05, 0) is 13.1 Å². The van der Waals surface area contributed by atoms with Gasteiger partial charge in [0.25, 0.3) is 0 Å². The minimum Gasteiger partial charge on any atom is -0.508 e. The molecule has 0 radical (unpaired) electrons. The van der Waals surface area contributed by atoms with Gasteiger partial charge in [0, 0.05) is 51.4 Å².